The summed E-state index contributed by atoms with van der Waals surface area (Å²) in [6, 6.07) is 12.5. The minimum absolute atomic E-state index is 0.0704. The third-order valence-corrected chi connectivity index (χ3v) is 5.33. The van der Waals surface area contributed by atoms with Crippen LogP contribution in [0.4, 0.5) is 0 Å². The number of carbonyl (C=O) groups excluding carboxylic acids is 1. The molecule has 0 aromatic heterocycles. The van der Waals surface area contributed by atoms with E-state index in [1.807, 2.05) is 31.2 Å². The molecule has 1 aliphatic rings. The topological polar surface area (TPSA) is 59.0 Å². The van der Waals surface area contributed by atoms with Crippen molar-refractivity contribution in [2.45, 2.75) is 13.5 Å². The van der Waals surface area contributed by atoms with Crippen molar-refractivity contribution in [3.05, 3.63) is 58.5 Å². The van der Waals surface area contributed by atoms with Crippen molar-refractivity contribution in [2.75, 3.05) is 13.7 Å². The van der Waals surface area contributed by atoms with E-state index in [0.717, 1.165) is 16.9 Å². The predicted molar refractivity (Wildman–Crippen MR) is 111 cm³/mol. The van der Waals surface area contributed by atoms with Gasteiger partial charge in [0.25, 0.3) is 5.91 Å². The number of phenolic OH excluding ortho intramolecular Hbond substituents is 1. The van der Waals surface area contributed by atoms with Crippen molar-refractivity contribution in [3.8, 4) is 17.2 Å². The highest BCUT2D eigenvalue weighted by atomic mass is 32.2. The standard InChI is InChI=1S/C20H19NO4S2/c1-3-25-17-10-14(6-9-16(17)22)11-18-19(23)21(20(26)27-18)12-13-4-7-15(24-2)8-5-13/h4-11,22H,3,12H2,1-2H3. The van der Waals surface area contributed by atoms with Crippen LogP contribution in [0.2, 0.25) is 0 Å². The quantitative estimate of drug-likeness (QED) is 0.578. The molecule has 0 bridgehead atoms. The molecule has 1 amide bonds. The number of carbonyl (C=O) groups is 1. The number of hydrogen-bond acceptors (Lipinski definition) is 6. The Kier molecular flexibility index (Phi) is 6.03. The zero-order chi connectivity index (χ0) is 19.4. The Morgan fingerprint density at radius 3 is 2.63 bits per heavy atom. The molecule has 0 atom stereocenters. The van der Waals surface area contributed by atoms with E-state index in [-0.39, 0.29) is 11.7 Å². The number of thioether (sulfide) groups is 1. The van der Waals surface area contributed by atoms with Gasteiger partial charge in [0.05, 0.1) is 25.2 Å². The largest absolute Gasteiger partial charge is 0.504 e. The molecule has 0 radical (unpaired) electrons. The highest BCUT2D eigenvalue weighted by Crippen LogP contribution is 2.35. The predicted octanol–water partition coefficient (Wildman–Crippen LogP) is 4.20. The lowest BCUT2D eigenvalue weighted by molar-refractivity contribution is -0.122. The number of ether oxygens (including phenoxy) is 2. The first-order valence-corrected chi connectivity index (χ1v) is 9.58. The lowest BCUT2D eigenvalue weighted by Gasteiger charge is -2.14. The molecule has 1 N–H and O–H groups in total. The number of benzene rings is 2. The second-order valence-corrected chi connectivity index (χ2v) is 7.45. The third kappa shape index (κ3) is 4.43. The van der Waals surface area contributed by atoms with Crippen LogP contribution in [-0.2, 0) is 11.3 Å². The number of nitrogens with zero attached hydrogens (tertiary/aromatic N) is 1. The summed E-state index contributed by atoms with van der Waals surface area (Å²) in [7, 11) is 1.61. The lowest BCUT2D eigenvalue weighted by Crippen LogP contribution is -2.27. The first kappa shape index (κ1) is 19.3. The Balaban J connectivity index is 1.78. The molecule has 2 aromatic rings. The SMILES string of the molecule is CCOc1cc(C=C2SC(=S)N(Cc3ccc(OC)cc3)C2=O)ccc1O. The summed E-state index contributed by atoms with van der Waals surface area (Å²) in [5, 5.41) is 9.81. The van der Waals surface area contributed by atoms with E-state index in [1.54, 1.807) is 36.3 Å². The average Bonchev–Trinajstić information content (AvgIpc) is 2.92. The molecule has 140 valence electrons. The maximum Gasteiger partial charge on any atom is 0.266 e. The van der Waals surface area contributed by atoms with Crippen LogP contribution in [0.5, 0.6) is 17.2 Å². The average molecular weight is 402 g/mol. The first-order chi connectivity index (χ1) is 13.0. The van der Waals surface area contributed by atoms with Gasteiger partial charge in [-0.3, -0.25) is 9.69 Å². The molecule has 7 heteroatoms. The van der Waals surface area contributed by atoms with Crippen molar-refractivity contribution in [1.29, 1.82) is 0 Å². The smallest absolute Gasteiger partial charge is 0.266 e. The maximum absolute atomic E-state index is 12.8. The van der Waals surface area contributed by atoms with Gasteiger partial charge >= 0.3 is 0 Å². The van der Waals surface area contributed by atoms with Crippen molar-refractivity contribution >= 4 is 40.3 Å². The molecule has 0 spiro atoms. The van der Waals surface area contributed by atoms with Crippen LogP contribution in [0.1, 0.15) is 18.1 Å². The van der Waals surface area contributed by atoms with Crippen LogP contribution in [0.25, 0.3) is 6.08 Å². The number of methoxy groups -OCH3 is 1. The number of amides is 1. The fraction of sp³-hybridized carbons (Fsp3) is 0.200. The van der Waals surface area contributed by atoms with Gasteiger partial charge in [-0.25, -0.2) is 0 Å². The molecular weight excluding hydrogens is 382 g/mol. The molecule has 1 aliphatic heterocycles. The van der Waals surface area contributed by atoms with E-state index >= 15 is 0 Å². The molecular formula is C20H19NO4S2. The zero-order valence-electron chi connectivity index (χ0n) is 15.0. The van der Waals surface area contributed by atoms with Crippen LogP contribution < -0.4 is 9.47 Å². The van der Waals surface area contributed by atoms with Gasteiger partial charge in [0.2, 0.25) is 0 Å². The molecule has 0 unspecified atom stereocenters. The van der Waals surface area contributed by atoms with Crippen molar-refractivity contribution in [2.24, 2.45) is 0 Å². The fourth-order valence-corrected chi connectivity index (χ4v) is 3.85. The van der Waals surface area contributed by atoms with Gasteiger partial charge in [0.1, 0.15) is 10.1 Å². The number of thiocarbonyl (C=S) groups is 1. The highest BCUT2D eigenvalue weighted by Gasteiger charge is 2.32. The maximum atomic E-state index is 12.8. The van der Waals surface area contributed by atoms with E-state index in [1.165, 1.54) is 11.8 Å². The normalized spacial score (nSPS) is 15.5. The summed E-state index contributed by atoms with van der Waals surface area (Å²) in [5.74, 6) is 1.09. The van der Waals surface area contributed by atoms with E-state index in [0.29, 0.717) is 28.1 Å². The first-order valence-electron chi connectivity index (χ1n) is 8.36. The third-order valence-electron chi connectivity index (χ3n) is 3.95. The molecule has 1 saturated heterocycles. The molecule has 1 heterocycles. The molecule has 5 nitrogen and oxygen atoms in total. The van der Waals surface area contributed by atoms with Gasteiger partial charge in [0.15, 0.2) is 11.5 Å². The van der Waals surface area contributed by atoms with E-state index in [2.05, 4.69) is 0 Å². The Hall–Kier alpha value is -2.51. The van der Waals surface area contributed by atoms with Crippen LogP contribution in [0.15, 0.2) is 47.4 Å². The molecule has 3 rings (SSSR count). The van der Waals surface area contributed by atoms with Gasteiger partial charge in [-0.1, -0.05) is 42.2 Å². The fourth-order valence-electron chi connectivity index (χ4n) is 2.59. The van der Waals surface area contributed by atoms with Crippen LogP contribution in [-0.4, -0.2) is 34.0 Å². The van der Waals surface area contributed by atoms with Crippen LogP contribution in [0, 0.1) is 0 Å². The van der Waals surface area contributed by atoms with Crippen molar-refractivity contribution < 1.29 is 19.4 Å². The van der Waals surface area contributed by atoms with Gasteiger partial charge in [-0.2, -0.15) is 0 Å². The van der Waals surface area contributed by atoms with Gasteiger partial charge in [0, 0.05) is 0 Å². The Morgan fingerprint density at radius 1 is 1.22 bits per heavy atom. The summed E-state index contributed by atoms with van der Waals surface area (Å²) >= 11 is 6.65. The van der Waals surface area contributed by atoms with E-state index in [9.17, 15) is 9.90 Å². The monoisotopic (exact) mass is 401 g/mol. The molecule has 1 fully saturated rings. The molecule has 27 heavy (non-hydrogen) atoms. The number of rotatable bonds is 6. The van der Waals surface area contributed by atoms with Gasteiger partial charge < -0.3 is 14.6 Å². The second kappa shape index (κ2) is 8.45. The summed E-state index contributed by atoms with van der Waals surface area (Å²) in [5.41, 5.74) is 1.73. The Bertz CT molecular complexity index is 893. The minimum atomic E-state index is -0.133. The number of aromatic hydroxyl groups is 1. The van der Waals surface area contributed by atoms with Crippen LogP contribution >= 0.6 is 24.0 Å². The molecule has 0 saturated carbocycles. The summed E-state index contributed by atoms with van der Waals surface area (Å²) in [6.07, 6.45) is 1.76. The zero-order valence-corrected chi connectivity index (χ0v) is 16.6. The summed E-state index contributed by atoms with van der Waals surface area (Å²) < 4.78 is 11.1. The molecule has 2 aromatic carbocycles. The second-order valence-electron chi connectivity index (χ2n) is 5.78. The summed E-state index contributed by atoms with van der Waals surface area (Å²) in [6.45, 7) is 2.70. The van der Waals surface area contributed by atoms with E-state index < -0.39 is 0 Å². The van der Waals surface area contributed by atoms with Crippen molar-refractivity contribution in [1.82, 2.24) is 4.90 Å². The number of hydrogen-bond donors (Lipinski definition) is 1. The van der Waals surface area contributed by atoms with Crippen LogP contribution in [0.3, 0.4) is 0 Å². The Morgan fingerprint density at radius 2 is 1.96 bits per heavy atom. The lowest BCUT2D eigenvalue weighted by atomic mass is 10.1. The Labute approximate surface area is 167 Å². The minimum Gasteiger partial charge on any atom is -0.504 e. The number of phenols is 1. The molecule has 0 aliphatic carbocycles. The highest BCUT2D eigenvalue weighted by molar-refractivity contribution is 8.26. The van der Waals surface area contributed by atoms with Gasteiger partial charge in [-0.15, -0.1) is 0 Å². The van der Waals surface area contributed by atoms with Gasteiger partial charge in [-0.05, 0) is 48.4 Å². The summed E-state index contributed by atoms with van der Waals surface area (Å²) in [4.78, 5) is 14.9. The van der Waals surface area contributed by atoms with E-state index in [4.69, 9.17) is 21.7 Å². The van der Waals surface area contributed by atoms with Crippen molar-refractivity contribution in [3.63, 3.8) is 0 Å².